The van der Waals surface area contributed by atoms with Crippen molar-refractivity contribution in [3.05, 3.63) is 52.3 Å². The summed E-state index contributed by atoms with van der Waals surface area (Å²) in [5, 5.41) is 4.47. The van der Waals surface area contributed by atoms with Crippen molar-refractivity contribution in [3.63, 3.8) is 0 Å². The number of hydrogen-bond acceptors (Lipinski definition) is 1. The first-order chi connectivity index (χ1) is 8.72. The zero-order chi connectivity index (χ0) is 13.0. The molecule has 0 aliphatic heterocycles. The van der Waals surface area contributed by atoms with Gasteiger partial charge >= 0.3 is 0 Å². The minimum Gasteiger partial charge on any atom is -0.378 e. The summed E-state index contributed by atoms with van der Waals surface area (Å²) in [7, 11) is 0. The van der Waals surface area contributed by atoms with Crippen LogP contribution in [0.15, 0.2) is 36.5 Å². The predicted molar refractivity (Wildman–Crippen MR) is 78.5 cm³/mol. The number of aromatic nitrogens is 1. The molecule has 18 heavy (non-hydrogen) atoms. The number of aryl methyl sites for hydroxylation is 1. The molecule has 0 saturated heterocycles. The lowest BCUT2D eigenvalue weighted by atomic mass is 10.3. The van der Waals surface area contributed by atoms with Crippen molar-refractivity contribution < 1.29 is 0 Å². The summed E-state index contributed by atoms with van der Waals surface area (Å²) < 4.78 is 2.24. The maximum atomic E-state index is 6.13. The van der Waals surface area contributed by atoms with E-state index in [0.717, 1.165) is 25.2 Å². The first-order valence-electron chi connectivity index (χ1n) is 6.04. The van der Waals surface area contributed by atoms with Gasteiger partial charge in [0.25, 0.3) is 0 Å². The van der Waals surface area contributed by atoms with Gasteiger partial charge in [-0.15, -0.1) is 0 Å². The van der Waals surface area contributed by atoms with E-state index in [4.69, 9.17) is 23.2 Å². The molecule has 1 aromatic carbocycles. The third kappa shape index (κ3) is 3.01. The van der Waals surface area contributed by atoms with Crippen LogP contribution in [-0.2, 0) is 13.1 Å². The summed E-state index contributed by atoms with van der Waals surface area (Å²) in [6, 6.07) is 9.78. The molecule has 0 aliphatic carbocycles. The van der Waals surface area contributed by atoms with E-state index in [2.05, 4.69) is 35.1 Å². The summed E-state index contributed by atoms with van der Waals surface area (Å²) in [4.78, 5) is 0. The van der Waals surface area contributed by atoms with Crippen molar-refractivity contribution in [3.8, 4) is 0 Å². The summed E-state index contributed by atoms with van der Waals surface area (Å²) in [6.07, 6.45) is 3.22. The molecule has 96 valence electrons. The largest absolute Gasteiger partial charge is 0.378 e. The Hall–Kier alpha value is -1.12. The first-order valence-corrected chi connectivity index (χ1v) is 6.80. The Morgan fingerprint density at radius 3 is 2.78 bits per heavy atom. The van der Waals surface area contributed by atoms with Crippen molar-refractivity contribution in [2.75, 3.05) is 5.32 Å². The van der Waals surface area contributed by atoms with Crippen LogP contribution in [-0.4, -0.2) is 4.57 Å². The van der Waals surface area contributed by atoms with Crippen LogP contribution in [0, 0.1) is 0 Å². The van der Waals surface area contributed by atoms with Crippen LogP contribution < -0.4 is 5.32 Å². The molecule has 0 spiro atoms. The molecule has 2 aromatic rings. The average Bonchev–Trinajstić information content (AvgIpc) is 2.79. The average molecular weight is 283 g/mol. The molecule has 2 nitrogen and oxygen atoms in total. The van der Waals surface area contributed by atoms with Gasteiger partial charge in [-0.1, -0.05) is 36.2 Å². The molecule has 0 saturated carbocycles. The number of nitrogens with zero attached hydrogens (tertiary/aromatic N) is 1. The van der Waals surface area contributed by atoms with Gasteiger partial charge in [-0.2, -0.15) is 0 Å². The minimum absolute atomic E-state index is 0.575. The fraction of sp³-hybridized carbons (Fsp3) is 0.286. The third-order valence-electron chi connectivity index (χ3n) is 2.80. The molecule has 0 aliphatic rings. The van der Waals surface area contributed by atoms with E-state index in [-0.39, 0.29) is 0 Å². The van der Waals surface area contributed by atoms with Crippen molar-refractivity contribution in [1.82, 2.24) is 4.57 Å². The summed E-state index contributed by atoms with van der Waals surface area (Å²) in [6.45, 7) is 3.95. The van der Waals surface area contributed by atoms with Crippen LogP contribution in [0.3, 0.4) is 0 Å². The van der Waals surface area contributed by atoms with Crippen molar-refractivity contribution >= 4 is 28.9 Å². The smallest absolute Gasteiger partial charge is 0.0823 e. The summed E-state index contributed by atoms with van der Waals surface area (Å²) in [5.41, 5.74) is 2.11. The predicted octanol–water partition coefficient (Wildman–Crippen LogP) is 4.82. The molecular formula is C14H16Cl2N2. The quantitative estimate of drug-likeness (QED) is 0.832. The lowest BCUT2D eigenvalue weighted by Crippen LogP contribution is -2.07. The van der Waals surface area contributed by atoms with Gasteiger partial charge in [-0.3, -0.25) is 0 Å². The molecule has 1 heterocycles. The maximum Gasteiger partial charge on any atom is 0.0823 e. The second kappa shape index (κ2) is 6.17. The Morgan fingerprint density at radius 1 is 1.17 bits per heavy atom. The third-order valence-corrected chi connectivity index (χ3v) is 3.62. The molecule has 0 fully saturated rings. The molecule has 0 atom stereocenters. The molecule has 0 bridgehead atoms. The fourth-order valence-corrected chi connectivity index (χ4v) is 2.26. The van der Waals surface area contributed by atoms with Crippen molar-refractivity contribution in [2.24, 2.45) is 0 Å². The van der Waals surface area contributed by atoms with Gasteiger partial charge in [-0.25, -0.2) is 0 Å². The molecule has 1 N–H and O–H groups in total. The molecular weight excluding hydrogens is 267 g/mol. The second-order valence-corrected chi connectivity index (χ2v) is 4.93. The number of anilines is 1. The standard InChI is InChI=1S/C14H16Cl2N2/c1-2-8-18-9-4-5-11(18)10-17-13-7-3-6-12(15)14(13)16/h3-7,9,17H,2,8,10H2,1H3. The Balaban J connectivity index is 2.07. The molecule has 2 rings (SSSR count). The van der Waals surface area contributed by atoms with E-state index < -0.39 is 0 Å². The highest BCUT2D eigenvalue weighted by molar-refractivity contribution is 6.43. The maximum absolute atomic E-state index is 6.13. The Bertz CT molecular complexity index is 520. The Labute approximate surface area is 118 Å². The zero-order valence-corrected chi connectivity index (χ0v) is 11.8. The van der Waals surface area contributed by atoms with E-state index in [1.54, 1.807) is 6.07 Å². The number of rotatable bonds is 5. The minimum atomic E-state index is 0.575. The molecule has 4 heteroatoms. The van der Waals surface area contributed by atoms with Crippen LogP contribution in [0.25, 0.3) is 0 Å². The lowest BCUT2D eigenvalue weighted by molar-refractivity contribution is 0.654. The van der Waals surface area contributed by atoms with Gasteiger partial charge < -0.3 is 9.88 Å². The van der Waals surface area contributed by atoms with Gasteiger partial charge in [0, 0.05) is 18.4 Å². The lowest BCUT2D eigenvalue weighted by Gasteiger charge is -2.11. The van der Waals surface area contributed by atoms with E-state index in [1.165, 1.54) is 5.69 Å². The SMILES string of the molecule is CCCn1cccc1CNc1cccc(Cl)c1Cl. The van der Waals surface area contributed by atoms with Gasteiger partial charge in [0.05, 0.1) is 22.3 Å². The van der Waals surface area contributed by atoms with Crippen molar-refractivity contribution in [1.29, 1.82) is 0 Å². The van der Waals surface area contributed by atoms with Gasteiger partial charge in [0.2, 0.25) is 0 Å². The van der Waals surface area contributed by atoms with E-state index in [0.29, 0.717) is 10.0 Å². The van der Waals surface area contributed by atoms with E-state index >= 15 is 0 Å². The monoisotopic (exact) mass is 282 g/mol. The zero-order valence-electron chi connectivity index (χ0n) is 10.3. The van der Waals surface area contributed by atoms with Crippen LogP contribution >= 0.6 is 23.2 Å². The van der Waals surface area contributed by atoms with Crippen molar-refractivity contribution in [2.45, 2.75) is 26.4 Å². The molecule has 0 unspecified atom stereocenters. The number of benzene rings is 1. The van der Waals surface area contributed by atoms with Gasteiger partial charge in [0.15, 0.2) is 0 Å². The van der Waals surface area contributed by atoms with Crippen LogP contribution in [0.5, 0.6) is 0 Å². The normalized spacial score (nSPS) is 10.6. The highest BCUT2D eigenvalue weighted by Crippen LogP contribution is 2.29. The molecule has 1 aromatic heterocycles. The first kappa shape index (κ1) is 13.3. The highest BCUT2D eigenvalue weighted by Gasteiger charge is 2.05. The summed E-state index contributed by atoms with van der Waals surface area (Å²) in [5.74, 6) is 0. The topological polar surface area (TPSA) is 17.0 Å². The van der Waals surface area contributed by atoms with Crippen LogP contribution in [0.2, 0.25) is 10.0 Å². The molecule has 0 amide bonds. The number of hydrogen-bond donors (Lipinski definition) is 1. The Morgan fingerprint density at radius 2 is 2.00 bits per heavy atom. The van der Waals surface area contributed by atoms with E-state index in [9.17, 15) is 0 Å². The summed E-state index contributed by atoms with van der Waals surface area (Å²) >= 11 is 12.1. The fourth-order valence-electron chi connectivity index (χ4n) is 1.90. The number of halogens is 2. The molecule has 0 radical (unpaired) electrons. The van der Waals surface area contributed by atoms with Crippen LogP contribution in [0.1, 0.15) is 19.0 Å². The highest BCUT2D eigenvalue weighted by atomic mass is 35.5. The Kier molecular flexibility index (Phi) is 4.56. The number of nitrogens with one attached hydrogen (secondary N) is 1. The van der Waals surface area contributed by atoms with E-state index in [1.807, 2.05) is 12.1 Å². The van der Waals surface area contributed by atoms with Gasteiger partial charge in [-0.05, 0) is 30.7 Å². The van der Waals surface area contributed by atoms with Crippen LogP contribution in [0.4, 0.5) is 5.69 Å². The second-order valence-electron chi connectivity index (χ2n) is 4.15. The van der Waals surface area contributed by atoms with Gasteiger partial charge in [0.1, 0.15) is 0 Å².